The van der Waals surface area contributed by atoms with E-state index in [1.165, 1.54) is 12.1 Å². The van der Waals surface area contributed by atoms with Gasteiger partial charge in [0.1, 0.15) is 6.33 Å². The van der Waals surface area contributed by atoms with Crippen molar-refractivity contribution in [1.29, 1.82) is 0 Å². The summed E-state index contributed by atoms with van der Waals surface area (Å²) < 4.78 is 28.2. The molecule has 8 heteroatoms. The van der Waals surface area contributed by atoms with Gasteiger partial charge in [-0.2, -0.15) is 0 Å². The van der Waals surface area contributed by atoms with Crippen LogP contribution in [-0.2, 0) is 7.05 Å². The van der Waals surface area contributed by atoms with Crippen LogP contribution in [0.4, 0.5) is 13.6 Å². The minimum Gasteiger partial charge on any atom is -0.337 e. The summed E-state index contributed by atoms with van der Waals surface area (Å²) in [6.45, 7) is 2.85. The molecule has 0 radical (unpaired) electrons. The summed E-state index contributed by atoms with van der Waals surface area (Å²) >= 11 is 0. The number of hydrogen-bond acceptors (Lipinski definition) is 3. The Morgan fingerprint density at radius 1 is 1.40 bits per heavy atom. The van der Waals surface area contributed by atoms with Crippen molar-refractivity contribution in [2.75, 3.05) is 13.1 Å². The average Bonchev–Trinajstić information content (AvgIpc) is 3.23. The van der Waals surface area contributed by atoms with Gasteiger partial charge in [-0.05, 0) is 36.5 Å². The number of hydrogen-bond donors (Lipinski definition) is 1. The van der Waals surface area contributed by atoms with Gasteiger partial charge in [-0.3, -0.25) is 0 Å². The molecule has 134 valence electrons. The van der Waals surface area contributed by atoms with Crippen LogP contribution < -0.4 is 5.32 Å². The molecule has 2 amide bonds. The highest BCUT2D eigenvalue weighted by molar-refractivity contribution is 5.75. The summed E-state index contributed by atoms with van der Waals surface area (Å²) in [5.74, 6) is -1.11. The lowest BCUT2D eigenvalue weighted by molar-refractivity contribution is 0.189. The second-order valence-corrected chi connectivity index (χ2v) is 6.41. The Morgan fingerprint density at radius 3 is 2.88 bits per heavy atom. The molecule has 0 saturated carbocycles. The molecule has 6 nitrogen and oxygen atoms in total. The Hall–Kier alpha value is -2.51. The lowest BCUT2D eigenvalue weighted by Crippen LogP contribution is -2.41. The van der Waals surface area contributed by atoms with Crippen molar-refractivity contribution in [2.24, 2.45) is 7.05 Å². The maximum atomic E-state index is 13.3. The van der Waals surface area contributed by atoms with Gasteiger partial charge in [-0.1, -0.05) is 13.0 Å². The molecule has 25 heavy (non-hydrogen) atoms. The summed E-state index contributed by atoms with van der Waals surface area (Å²) in [4.78, 5) is 14.3. The average molecular weight is 349 g/mol. The van der Waals surface area contributed by atoms with Crippen molar-refractivity contribution in [3.63, 3.8) is 0 Å². The number of benzene rings is 1. The molecule has 2 heterocycles. The maximum Gasteiger partial charge on any atom is 0.318 e. The molecular weight excluding hydrogens is 328 g/mol. The number of rotatable bonds is 4. The van der Waals surface area contributed by atoms with E-state index in [1.807, 2.05) is 18.5 Å². The van der Waals surface area contributed by atoms with E-state index in [9.17, 15) is 13.6 Å². The summed E-state index contributed by atoms with van der Waals surface area (Å²) in [5, 5.41) is 10.9. The fourth-order valence-electron chi connectivity index (χ4n) is 3.15. The number of likely N-dealkylation sites (tertiary alicyclic amines) is 1. The fraction of sp³-hybridized carbons (Fsp3) is 0.471. The molecule has 0 spiro atoms. The molecule has 3 rings (SSSR count). The van der Waals surface area contributed by atoms with Crippen molar-refractivity contribution in [3.8, 4) is 0 Å². The predicted octanol–water partition coefficient (Wildman–Crippen LogP) is 2.74. The number of aromatic nitrogens is 3. The van der Waals surface area contributed by atoms with Crippen LogP contribution in [0.15, 0.2) is 24.5 Å². The Kier molecular flexibility index (Phi) is 4.96. The Morgan fingerprint density at radius 2 is 2.20 bits per heavy atom. The highest BCUT2D eigenvalue weighted by Gasteiger charge is 2.32. The van der Waals surface area contributed by atoms with E-state index in [0.717, 1.165) is 24.7 Å². The van der Waals surface area contributed by atoms with Crippen LogP contribution in [0, 0.1) is 11.6 Å². The molecule has 1 N–H and O–H groups in total. The molecule has 1 aromatic carbocycles. The zero-order valence-electron chi connectivity index (χ0n) is 14.2. The third-order valence-electron chi connectivity index (χ3n) is 4.63. The van der Waals surface area contributed by atoms with Gasteiger partial charge in [0.25, 0.3) is 0 Å². The zero-order valence-corrected chi connectivity index (χ0v) is 14.2. The third-order valence-corrected chi connectivity index (χ3v) is 4.63. The van der Waals surface area contributed by atoms with Crippen molar-refractivity contribution in [2.45, 2.75) is 31.7 Å². The normalized spacial score (nSPS) is 18.4. The SMILES string of the molecule is C[C@@H](CNC(=O)N1CCC[C@@H]1c1nncn1C)c1ccc(F)c(F)c1. The summed E-state index contributed by atoms with van der Waals surface area (Å²) in [7, 11) is 1.86. The van der Waals surface area contributed by atoms with Gasteiger partial charge >= 0.3 is 6.03 Å². The number of nitrogens with one attached hydrogen (secondary N) is 1. The number of urea groups is 1. The number of amides is 2. The van der Waals surface area contributed by atoms with Crippen LogP contribution in [0.2, 0.25) is 0 Å². The number of nitrogens with zero attached hydrogens (tertiary/aromatic N) is 4. The van der Waals surface area contributed by atoms with E-state index in [2.05, 4.69) is 15.5 Å². The van der Waals surface area contributed by atoms with E-state index in [0.29, 0.717) is 18.7 Å². The van der Waals surface area contributed by atoms with Crippen molar-refractivity contribution >= 4 is 6.03 Å². The van der Waals surface area contributed by atoms with Gasteiger partial charge in [0, 0.05) is 20.1 Å². The first-order chi connectivity index (χ1) is 12.0. The summed E-state index contributed by atoms with van der Waals surface area (Å²) in [6, 6.07) is 3.54. The van der Waals surface area contributed by atoms with Crippen LogP contribution in [0.1, 0.15) is 43.1 Å². The van der Waals surface area contributed by atoms with E-state index in [1.54, 1.807) is 11.2 Å². The van der Waals surface area contributed by atoms with E-state index < -0.39 is 11.6 Å². The fourth-order valence-corrected chi connectivity index (χ4v) is 3.15. The number of halogens is 2. The smallest absolute Gasteiger partial charge is 0.318 e. The van der Waals surface area contributed by atoms with Gasteiger partial charge < -0.3 is 14.8 Å². The predicted molar refractivity (Wildman–Crippen MR) is 87.9 cm³/mol. The monoisotopic (exact) mass is 349 g/mol. The molecule has 1 aliphatic heterocycles. The Labute approximate surface area is 144 Å². The molecular formula is C17H21F2N5O. The third kappa shape index (κ3) is 3.62. The van der Waals surface area contributed by atoms with Crippen LogP contribution in [0.5, 0.6) is 0 Å². The molecule has 1 fully saturated rings. The molecule has 1 aromatic heterocycles. The second-order valence-electron chi connectivity index (χ2n) is 6.41. The number of aryl methyl sites for hydroxylation is 1. The maximum absolute atomic E-state index is 13.3. The van der Waals surface area contributed by atoms with Crippen molar-refractivity contribution < 1.29 is 13.6 Å². The molecule has 0 aliphatic carbocycles. The Balaban J connectivity index is 1.61. The van der Waals surface area contributed by atoms with E-state index in [4.69, 9.17) is 0 Å². The summed E-state index contributed by atoms with van der Waals surface area (Å²) in [5.41, 5.74) is 0.644. The van der Waals surface area contributed by atoms with Crippen LogP contribution >= 0.6 is 0 Å². The van der Waals surface area contributed by atoms with Crippen molar-refractivity contribution in [1.82, 2.24) is 25.0 Å². The Bertz CT molecular complexity index is 763. The largest absolute Gasteiger partial charge is 0.337 e. The molecule has 0 bridgehead atoms. The first kappa shape index (κ1) is 17.3. The second kappa shape index (κ2) is 7.16. The quantitative estimate of drug-likeness (QED) is 0.923. The van der Waals surface area contributed by atoms with Crippen LogP contribution in [0.25, 0.3) is 0 Å². The van der Waals surface area contributed by atoms with Gasteiger partial charge in [0.15, 0.2) is 17.5 Å². The lowest BCUT2D eigenvalue weighted by atomic mass is 10.0. The highest BCUT2D eigenvalue weighted by atomic mass is 19.2. The standard InChI is InChI=1S/C17H21F2N5O/c1-11(12-5-6-13(18)14(19)8-12)9-20-17(25)24-7-3-4-15(24)16-22-21-10-23(16)2/h5-6,8,10-11,15H,3-4,7,9H2,1-2H3,(H,20,25)/t11-,15+/m0/s1. The van der Waals surface area contributed by atoms with Crippen LogP contribution in [0.3, 0.4) is 0 Å². The number of carbonyl (C=O) groups excluding carboxylic acids is 1. The minimum atomic E-state index is -0.877. The molecule has 0 unspecified atom stereocenters. The topological polar surface area (TPSA) is 63.1 Å². The lowest BCUT2D eigenvalue weighted by Gasteiger charge is -2.25. The summed E-state index contributed by atoms with van der Waals surface area (Å²) in [6.07, 6.45) is 3.37. The highest BCUT2D eigenvalue weighted by Crippen LogP contribution is 2.30. The first-order valence-electron chi connectivity index (χ1n) is 8.30. The molecule has 1 aliphatic rings. The molecule has 2 aromatic rings. The molecule has 1 saturated heterocycles. The van der Waals surface area contributed by atoms with E-state index in [-0.39, 0.29) is 18.0 Å². The molecule has 2 atom stereocenters. The van der Waals surface area contributed by atoms with Gasteiger partial charge in [-0.15, -0.1) is 10.2 Å². The van der Waals surface area contributed by atoms with Gasteiger partial charge in [0.05, 0.1) is 6.04 Å². The zero-order chi connectivity index (χ0) is 18.0. The first-order valence-corrected chi connectivity index (χ1v) is 8.30. The van der Waals surface area contributed by atoms with Crippen molar-refractivity contribution in [3.05, 3.63) is 47.5 Å². The van der Waals surface area contributed by atoms with E-state index >= 15 is 0 Å². The number of carbonyl (C=O) groups is 1. The van der Waals surface area contributed by atoms with Gasteiger partial charge in [-0.25, -0.2) is 13.6 Å². The van der Waals surface area contributed by atoms with Gasteiger partial charge in [0.2, 0.25) is 0 Å². The minimum absolute atomic E-state index is 0.0916. The van der Waals surface area contributed by atoms with Crippen LogP contribution in [-0.4, -0.2) is 38.8 Å².